The molecule has 3 aromatic rings. The molecule has 0 spiro atoms. The number of hydrogen-bond donors (Lipinski definition) is 0. The van der Waals surface area contributed by atoms with Gasteiger partial charge in [-0.15, -0.1) is 10.2 Å². The summed E-state index contributed by atoms with van der Waals surface area (Å²) in [5, 5.41) is 8.15. The van der Waals surface area contributed by atoms with E-state index in [4.69, 9.17) is 4.42 Å². The summed E-state index contributed by atoms with van der Waals surface area (Å²) in [5.41, 5.74) is 1.91. The largest absolute Gasteiger partial charge is 0.419 e. The van der Waals surface area contributed by atoms with E-state index in [9.17, 15) is 0 Å². The van der Waals surface area contributed by atoms with E-state index in [2.05, 4.69) is 25.1 Å². The van der Waals surface area contributed by atoms with Crippen LogP contribution in [0.1, 0.15) is 11.6 Å². The smallest absolute Gasteiger partial charge is 0.249 e. The van der Waals surface area contributed by atoms with Gasteiger partial charge < -0.3 is 4.42 Å². The molecule has 3 rings (SSSR count). The molecule has 0 atom stereocenters. The van der Waals surface area contributed by atoms with E-state index < -0.39 is 0 Å². The molecule has 0 saturated carbocycles. The van der Waals surface area contributed by atoms with Crippen LogP contribution in [0.25, 0.3) is 11.5 Å². The minimum atomic E-state index is 0.501. The maximum absolute atomic E-state index is 5.67. The van der Waals surface area contributed by atoms with E-state index >= 15 is 0 Å². The normalized spacial score (nSPS) is 11.0. The zero-order valence-corrected chi connectivity index (χ0v) is 12.4. The van der Waals surface area contributed by atoms with Crippen LogP contribution in [0.5, 0.6) is 0 Å². The van der Waals surface area contributed by atoms with Crippen molar-refractivity contribution >= 4 is 0 Å². The van der Waals surface area contributed by atoms with Gasteiger partial charge in [-0.3, -0.25) is 14.9 Å². The first-order chi connectivity index (χ1) is 10.8. The van der Waals surface area contributed by atoms with Gasteiger partial charge in [-0.05, 0) is 31.3 Å². The van der Waals surface area contributed by atoms with Crippen LogP contribution < -0.4 is 0 Å². The molecule has 3 heterocycles. The SMILES string of the molecule is CN(CCc1ccccn1)Cc1nnc(-c2cccnc2)o1. The monoisotopic (exact) mass is 295 g/mol. The molecule has 0 N–H and O–H groups in total. The highest BCUT2D eigenvalue weighted by Crippen LogP contribution is 2.16. The number of pyridine rings is 2. The Morgan fingerprint density at radius 3 is 2.82 bits per heavy atom. The van der Waals surface area contributed by atoms with Crippen LogP contribution in [0.15, 0.2) is 53.3 Å². The molecule has 6 heteroatoms. The van der Waals surface area contributed by atoms with Crippen LogP contribution >= 0.6 is 0 Å². The molecule has 0 aliphatic carbocycles. The van der Waals surface area contributed by atoms with Gasteiger partial charge in [0.05, 0.1) is 12.1 Å². The molecule has 112 valence electrons. The number of rotatable bonds is 6. The fraction of sp³-hybridized carbons (Fsp3) is 0.250. The third-order valence-corrected chi connectivity index (χ3v) is 3.26. The molecule has 0 bridgehead atoms. The van der Waals surface area contributed by atoms with Gasteiger partial charge in [0.25, 0.3) is 0 Å². The van der Waals surface area contributed by atoms with E-state index in [1.165, 1.54) is 0 Å². The first kappa shape index (κ1) is 14.3. The second kappa shape index (κ2) is 6.91. The first-order valence-electron chi connectivity index (χ1n) is 7.12. The molecule has 0 amide bonds. The first-order valence-corrected chi connectivity index (χ1v) is 7.12. The second-order valence-corrected chi connectivity index (χ2v) is 5.05. The predicted octanol–water partition coefficient (Wildman–Crippen LogP) is 2.20. The second-order valence-electron chi connectivity index (χ2n) is 5.05. The van der Waals surface area contributed by atoms with E-state index in [-0.39, 0.29) is 0 Å². The lowest BCUT2D eigenvalue weighted by Gasteiger charge is -2.13. The average Bonchev–Trinajstić information content (AvgIpc) is 3.03. The minimum Gasteiger partial charge on any atom is -0.419 e. The van der Waals surface area contributed by atoms with Gasteiger partial charge in [0.1, 0.15) is 0 Å². The summed E-state index contributed by atoms with van der Waals surface area (Å²) < 4.78 is 5.67. The zero-order valence-electron chi connectivity index (χ0n) is 12.4. The molecule has 0 fully saturated rings. The predicted molar refractivity (Wildman–Crippen MR) is 81.8 cm³/mol. The quantitative estimate of drug-likeness (QED) is 0.694. The van der Waals surface area contributed by atoms with Crippen molar-refractivity contribution in [2.45, 2.75) is 13.0 Å². The Balaban J connectivity index is 1.56. The topological polar surface area (TPSA) is 67.9 Å². The van der Waals surface area contributed by atoms with Gasteiger partial charge in [0.2, 0.25) is 11.8 Å². The maximum atomic E-state index is 5.67. The van der Waals surface area contributed by atoms with Gasteiger partial charge in [-0.25, -0.2) is 0 Å². The molecule has 0 unspecified atom stereocenters. The number of nitrogens with zero attached hydrogens (tertiary/aromatic N) is 5. The molecule has 0 aliphatic rings. The van der Waals surface area contributed by atoms with Gasteiger partial charge in [0.15, 0.2) is 0 Å². The Labute approximate surface area is 128 Å². The summed E-state index contributed by atoms with van der Waals surface area (Å²) in [4.78, 5) is 10.5. The van der Waals surface area contributed by atoms with Crippen molar-refractivity contribution < 1.29 is 4.42 Å². The number of likely N-dealkylation sites (N-methyl/N-ethyl adjacent to an activating group) is 1. The summed E-state index contributed by atoms with van der Waals surface area (Å²) >= 11 is 0. The average molecular weight is 295 g/mol. The summed E-state index contributed by atoms with van der Waals surface area (Å²) in [5.74, 6) is 1.10. The van der Waals surface area contributed by atoms with Crippen LogP contribution in [0.3, 0.4) is 0 Å². The number of hydrogen-bond acceptors (Lipinski definition) is 6. The summed E-state index contributed by atoms with van der Waals surface area (Å²) in [6.07, 6.45) is 6.13. The highest BCUT2D eigenvalue weighted by atomic mass is 16.4. The van der Waals surface area contributed by atoms with Crippen molar-refractivity contribution in [3.05, 3.63) is 60.5 Å². The Bertz CT molecular complexity index is 699. The molecule has 6 nitrogen and oxygen atoms in total. The third-order valence-electron chi connectivity index (χ3n) is 3.26. The molecule has 22 heavy (non-hydrogen) atoms. The van der Waals surface area contributed by atoms with Crippen molar-refractivity contribution in [1.82, 2.24) is 25.1 Å². The Kier molecular flexibility index (Phi) is 4.50. The zero-order chi connectivity index (χ0) is 15.2. The molecular weight excluding hydrogens is 278 g/mol. The number of aromatic nitrogens is 4. The van der Waals surface area contributed by atoms with Crippen LogP contribution in [-0.4, -0.2) is 38.7 Å². The van der Waals surface area contributed by atoms with Crippen molar-refractivity contribution in [3.63, 3.8) is 0 Å². The lowest BCUT2D eigenvalue weighted by atomic mass is 10.2. The van der Waals surface area contributed by atoms with Crippen molar-refractivity contribution in [2.24, 2.45) is 0 Å². The summed E-state index contributed by atoms with van der Waals surface area (Å²) in [6, 6.07) is 9.69. The van der Waals surface area contributed by atoms with E-state index in [1.807, 2.05) is 43.6 Å². The highest BCUT2D eigenvalue weighted by Gasteiger charge is 2.10. The van der Waals surface area contributed by atoms with Crippen molar-refractivity contribution in [2.75, 3.05) is 13.6 Å². The highest BCUT2D eigenvalue weighted by molar-refractivity contribution is 5.49. The Morgan fingerprint density at radius 1 is 1.09 bits per heavy atom. The molecular formula is C16H17N5O. The van der Waals surface area contributed by atoms with Crippen molar-refractivity contribution in [1.29, 1.82) is 0 Å². The van der Waals surface area contributed by atoms with E-state index in [0.29, 0.717) is 18.3 Å². The van der Waals surface area contributed by atoms with Gasteiger partial charge >= 0.3 is 0 Å². The Hall–Kier alpha value is -2.60. The fourth-order valence-corrected chi connectivity index (χ4v) is 2.08. The molecule has 3 aromatic heterocycles. The van der Waals surface area contributed by atoms with Gasteiger partial charge in [-0.1, -0.05) is 6.07 Å². The lowest BCUT2D eigenvalue weighted by molar-refractivity contribution is 0.292. The lowest BCUT2D eigenvalue weighted by Crippen LogP contribution is -2.21. The Morgan fingerprint density at radius 2 is 2.05 bits per heavy atom. The summed E-state index contributed by atoms with van der Waals surface area (Å²) in [6.45, 7) is 1.49. The van der Waals surface area contributed by atoms with Gasteiger partial charge in [-0.2, -0.15) is 0 Å². The van der Waals surface area contributed by atoms with Crippen LogP contribution in [-0.2, 0) is 13.0 Å². The third kappa shape index (κ3) is 3.73. The molecule has 0 aliphatic heterocycles. The van der Waals surface area contributed by atoms with Crippen LogP contribution in [0.2, 0.25) is 0 Å². The standard InChI is InChI=1S/C16H17N5O/c1-21(10-7-14-6-2-3-9-18-14)12-15-19-20-16(22-15)13-5-4-8-17-11-13/h2-6,8-9,11H,7,10,12H2,1H3. The van der Waals surface area contributed by atoms with Gasteiger partial charge in [0, 0.05) is 37.3 Å². The minimum absolute atomic E-state index is 0.501. The summed E-state index contributed by atoms with van der Waals surface area (Å²) in [7, 11) is 2.02. The van der Waals surface area contributed by atoms with E-state index in [0.717, 1.165) is 24.2 Å². The van der Waals surface area contributed by atoms with Crippen LogP contribution in [0, 0.1) is 0 Å². The maximum Gasteiger partial charge on any atom is 0.249 e. The molecule has 0 saturated heterocycles. The van der Waals surface area contributed by atoms with Crippen molar-refractivity contribution in [3.8, 4) is 11.5 Å². The molecule has 0 aromatic carbocycles. The van der Waals surface area contributed by atoms with E-state index in [1.54, 1.807) is 12.4 Å². The fourth-order valence-electron chi connectivity index (χ4n) is 2.08. The molecule has 0 radical (unpaired) electrons. The van der Waals surface area contributed by atoms with Crippen LogP contribution in [0.4, 0.5) is 0 Å².